The minimum atomic E-state index is 1.08. The molecule has 0 spiro atoms. The number of thiazole rings is 1. The first-order valence-corrected chi connectivity index (χ1v) is 8.67. The van der Waals surface area contributed by atoms with Crippen LogP contribution >= 0.6 is 11.3 Å². The quantitative estimate of drug-likeness (QED) is 0.471. The van der Waals surface area contributed by atoms with Crippen LogP contribution in [-0.4, -0.2) is 9.55 Å². The zero-order valence-electron chi connectivity index (χ0n) is 12.6. The normalized spacial score (nSPS) is 11.5. The summed E-state index contributed by atoms with van der Waals surface area (Å²) in [7, 11) is 0. The first kappa shape index (κ1) is 13.5. The molecular formula is C19H18N2S. The van der Waals surface area contributed by atoms with Crippen molar-refractivity contribution < 1.29 is 0 Å². The Labute approximate surface area is 134 Å². The highest BCUT2D eigenvalue weighted by molar-refractivity contribution is 7.13. The summed E-state index contributed by atoms with van der Waals surface area (Å²) in [5.74, 6) is 0. The van der Waals surface area contributed by atoms with E-state index in [4.69, 9.17) is 0 Å². The second-order valence-corrected chi connectivity index (χ2v) is 6.49. The fraction of sp³-hybridized carbons (Fsp3) is 0.211. The summed E-state index contributed by atoms with van der Waals surface area (Å²) < 4.78 is 2.46. The van der Waals surface area contributed by atoms with Crippen LogP contribution in [0, 0.1) is 0 Å². The zero-order chi connectivity index (χ0) is 14.9. The molecule has 0 saturated carbocycles. The van der Waals surface area contributed by atoms with Gasteiger partial charge in [-0.3, -0.25) is 0 Å². The van der Waals surface area contributed by atoms with Crippen molar-refractivity contribution in [1.29, 1.82) is 0 Å². The van der Waals surface area contributed by atoms with Gasteiger partial charge in [-0.15, -0.1) is 11.3 Å². The third-order valence-electron chi connectivity index (χ3n) is 4.19. The number of benzene rings is 2. The van der Waals surface area contributed by atoms with Gasteiger partial charge in [-0.1, -0.05) is 31.5 Å². The average molecular weight is 306 g/mol. The highest BCUT2D eigenvalue weighted by atomic mass is 32.1. The number of aromatic nitrogens is 2. The SMILES string of the molecule is CCCCn1c2ccccc2c2cc(-c3nccs3)ccc21. The third kappa shape index (κ3) is 2.13. The molecule has 3 heteroatoms. The largest absolute Gasteiger partial charge is 0.340 e. The van der Waals surface area contributed by atoms with E-state index in [1.165, 1.54) is 40.2 Å². The summed E-state index contributed by atoms with van der Waals surface area (Å²) in [4.78, 5) is 4.44. The average Bonchev–Trinajstić information content (AvgIpc) is 3.19. The lowest BCUT2D eigenvalue weighted by Gasteiger charge is -2.06. The lowest BCUT2D eigenvalue weighted by molar-refractivity contribution is 0.665. The van der Waals surface area contributed by atoms with Crippen LogP contribution in [-0.2, 0) is 6.54 Å². The predicted molar refractivity (Wildman–Crippen MR) is 95.5 cm³/mol. The molecule has 0 N–H and O–H groups in total. The van der Waals surface area contributed by atoms with Gasteiger partial charge in [0.1, 0.15) is 5.01 Å². The van der Waals surface area contributed by atoms with Crippen molar-refractivity contribution in [2.24, 2.45) is 0 Å². The molecule has 22 heavy (non-hydrogen) atoms. The van der Waals surface area contributed by atoms with Crippen molar-refractivity contribution in [3.8, 4) is 10.6 Å². The molecule has 4 rings (SSSR count). The van der Waals surface area contributed by atoms with Crippen LogP contribution in [0.2, 0.25) is 0 Å². The Hall–Kier alpha value is -2.13. The molecule has 0 aliphatic rings. The van der Waals surface area contributed by atoms with Crippen LogP contribution in [0.4, 0.5) is 0 Å². The maximum atomic E-state index is 4.44. The molecule has 0 aliphatic heterocycles. The lowest BCUT2D eigenvalue weighted by atomic mass is 10.1. The Morgan fingerprint density at radius 2 is 1.91 bits per heavy atom. The summed E-state index contributed by atoms with van der Waals surface area (Å²) in [5.41, 5.74) is 3.87. The molecule has 2 heterocycles. The Kier molecular flexibility index (Phi) is 3.43. The van der Waals surface area contributed by atoms with Gasteiger partial charge >= 0.3 is 0 Å². The lowest BCUT2D eigenvalue weighted by Crippen LogP contribution is -1.96. The van der Waals surface area contributed by atoms with E-state index >= 15 is 0 Å². The molecule has 0 radical (unpaired) electrons. The van der Waals surface area contributed by atoms with Crippen LogP contribution < -0.4 is 0 Å². The van der Waals surface area contributed by atoms with Crippen LogP contribution in [0.15, 0.2) is 54.0 Å². The van der Waals surface area contributed by atoms with Gasteiger partial charge in [0.2, 0.25) is 0 Å². The number of nitrogens with zero attached hydrogens (tertiary/aromatic N) is 2. The van der Waals surface area contributed by atoms with Gasteiger partial charge in [0.15, 0.2) is 0 Å². The first-order valence-electron chi connectivity index (χ1n) is 7.79. The fourth-order valence-electron chi connectivity index (χ4n) is 3.11. The van der Waals surface area contributed by atoms with Gasteiger partial charge in [0, 0.05) is 45.5 Å². The molecule has 2 aromatic carbocycles. The number of rotatable bonds is 4. The van der Waals surface area contributed by atoms with E-state index in [0.717, 1.165) is 11.6 Å². The van der Waals surface area contributed by atoms with Crippen LogP contribution in [0.5, 0.6) is 0 Å². The van der Waals surface area contributed by atoms with Gasteiger partial charge in [-0.05, 0) is 30.7 Å². The zero-order valence-corrected chi connectivity index (χ0v) is 13.4. The van der Waals surface area contributed by atoms with E-state index in [2.05, 4.69) is 58.9 Å². The molecule has 0 saturated heterocycles. The Morgan fingerprint density at radius 3 is 2.73 bits per heavy atom. The van der Waals surface area contributed by atoms with Gasteiger partial charge in [-0.2, -0.15) is 0 Å². The molecule has 0 unspecified atom stereocenters. The standard InChI is InChI=1S/C19H18N2S/c1-2-3-11-21-17-7-5-4-6-15(17)16-13-14(8-9-18(16)21)19-20-10-12-22-19/h4-10,12-13H,2-3,11H2,1H3. The van der Waals surface area contributed by atoms with E-state index in [1.54, 1.807) is 11.3 Å². The van der Waals surface area contributed by atoms with Gasteiger partial charge in [-0.25, -0.2) is 4.98 Å². The van der Waals surface area contributed by atoms with Gasteiger partial charge < -0.3 is 4.57 Å². The number of para-hydroxylation sites is 1. The van der Waals surface area contributed by atoms with Crippen molar-refractivity contribution in [3.05, 3.63) is 54.0 Å². The minimum absolute atomic E-state index is 1.08. The summed E-state index contributed by atoms with van der Waals surface area (Å²) in [6, 6.07) is 15.5. The summed E-state index contributed by atoms with van der Waals surface area (Å²) in [6.07, 6.45) is 4.29. The number of fused-ring (bicyclic) bond motifs is 3. The summed E-state index contributed by atoms with van der Waals surface area (Å²) in [5, 5.41) is 5.79. The molecule has 4 aromatic rings. The van der Waals surface area contributed by atoms with Crippen molar-refractivity contribution in [2.75, 3.05) is 0 Å². The van der Waals surface area contributed by atoms with Crippen LogP contribution in [0.25, 0.3) is 32.4 Å². The summed E-state index contributed by atoms with van der Waals surface area (Å²) >= 11 is 1.69. The molecule has 0 atom stereocenters. The van der Waals surface area contributed by atoms with Crippen LogP contribution in [0.3, 0.4) is 0 Å². The number of aryl methyl sites for hydroxylation is 1. The maximum Gasteiger partial charge on any atom is 0.123 e. The summed E-state index contributed by atoms with van der Waals surface area (Å²) in [6.45, 7) is 3.32. The molecule has 2 nitrogen and oxygen atoms in total. The minimum Gasteiger partial charge on any atom is -0.340 e. The molecule has 110 valence electrons. The maximum absolute atomic E-state index is 4.44. The van der Waals surface area contributed by atoms with Crippen molar-refractivity contribution in [2.45, 2.75) is 26.3 Å². The number of hydrogen-bond donors (Lipinski definition) is 0. The fourth-order valence-corrected chi connectivity index (χ4v) is 3.75. The third-order valence-corrected chi connectivity index (χ3v) is 5.01. The van der Waals surface area contributed by atoms with E-state index in [9.17, 15) is 0 Å². The molecular weight excluding hydrogens is 288 g/mol. The smallest absolute Gasteiger partial charge is 0.123 e. The number of hydrogen-bond acceptors (Lipinski definition) is 2. The van der Waals surface area contributed by atoms with E-state index in [1.807, 2.05) is 11.6 Å². The van der Waals surface area contributed by atoms with E-state index in [0.29, 0.717) is 0 Å². The highest BCUT2D eigenvalue weighted by Crippen LogP contribution is 2.33. The van der Waals surface area contributed by atoms with Gasteiger partial charge in [0.05, 0.1) is 0 Å². The topological polar surface area (TPSA) is 17.8 Å². The van der Waals surface area contributed by atoms with Crippen molar-refractivity contribution in [1.82, 2.24) is 9.55 Å². The molecule has 0 amide bonds. The molecule has 0 fully saturated rings. The van der Waals surface area contributed by atoms with Crippen molar-refractivity contribution >= 4 is 33.1 Å². The molecule has 0 aliphatic carbocycles. The van der Waals surface area contributed by atoms with E-state index < -0.39 is 0 Å². The monoisotopic (exact) mass is 306 g/mol. The second-order valence-electron chi connectivity index (χ2n) is 5.59. The van der Waals surface area contributed by atoms with E-state index in [-0.39, 0.29) is 0 Å². The Morgan fingerprint density at radius 1 is 1.05 bits per heavy atom. The molecule has 2 aromatic heterocycles. The highest BCUT2D eigenvalue weighted by Gasteiger charge is 2.11. The first-order chi connectivity index (χ1) is 10.9. The number of unbranched alkanes of at least 4 members (excludes halogenated alkanes) is 1. The second kappa shape index (κ2) is 5.58. The predicted octanol–water partition coefficient (Wildman–Crippen LogP) is 5.72. The van der Waals surface area contributed by atoms with Crippen molar-refractivity contribution in [3.63, 3.8) is 0 Å². The van der Waals surface area contributed by atoms with Gasteiger partial charge in [0.25, 0.3) is 0 Å². The Balaban J connectivity index is 1.98. The Bertz CT molecular complexity index is 919. The molecule has 0 bridgehead atoms. The van der Waals surface area contributed by atoms with Crippen LogP contribution in [0.1, 0.15) is 19.8 Å².